The van der Waals surface area contributed by atoms with E-state index in [1.807, 2.05) is 6.08 Å². The zero-order chi connectivity index (χ0) is 25.7. The van der Waals surface area contributed by atoms with Crippen molar-refractivity contribution in [2.75, 3.05) is 31.1 Å². The van der Waals surface area contributed by atoms with E-state index in [1.54, 1.807) is 11.1 Å². The van der Waals surface area contributed by atoms with Crippen LogP contribution in [0.25, 0.3) is 0 Å². The highest BCUT2D eigenvalue weighted by Gasteiger charge is 2.49. The Hall–Kier alpha value is -2.65. The van der Waals surface area contributed by atoms with Gasteiger partial charge in [-0.15, -0.1) is 0 Å². The zero-order valence-corrected chi connectivity index (χ0v) is 23.0. The maximum atomic E-state index is 12.8. The normalized spacial score (nSPS) is 31.5. The third-order valence-corrected chi connectivity index (χ3v) is 10.8. The quantitative estimate of drug-likeness (QED) is 0.435. The number of carbonyl (C=O) groups is 1. The number of hydrogen-bond donors (Lipinski definition) is 0. The van der Waals surface area contributed by atoms with Gasteiger partial charge in [0, 0.05) is 50.7 Å². The van der Waals surface area contributed by atoms with E-state index >= 15 is 0 Å². The maximum Gasteiger partial charge on any atom is 0.156 e. The number of anilines is 1. The Balaban J connectivity index is 1.08. The second kappa shape index (κ2) is 9.83. The Morgan fingerprint density at radius 1 is 0.895 bits per heavy atom. The fraction of sp³-hybridized carbons (Fsp3) is 0.514. The van der Waals surface area contributed by atoms with Gasteiger partial charge in [0.1, 0.15) is 0 Å². The second-order valence-electron chi connectivity index (χ2n) is 13.0. The molecule has 198 valence electrons. The smallest absolute Gasteiger partial charge is 0.156 e. The summed E-state index contributed by atoms with van der Waals surface area (Å²) < 4.78 is 0. The summed E-state index contributed by atoms with van der Waals surface area (Å²) in [7, 11) is 0. The van der Waals surface area contributed by atoms with Crippen LogP contribution in [0.1, 0.15) is 75.3 Å². The lowest BCUT2D eigenvalue weighted by Crippen LogP contribution is -2.45. The summed E-state index contributed by atoms with van der Waals surface area (Å²) in [6, 6.07) is 20.1. The lowest BCUT2D eigenvalue weighted by atomic mass is 9.56. The molecule has 4 atom stereocenters. The van der Waals surface area contributed by atoms with Gasteiger partial charge >= 0.3 is 0 Å². The van der Waals surface area contributed by atoms with Gasteiger partial charge in [0.2, 0.25) is 0 Å². The largest absolute Gasteiger partial charge is 0.369 e. The van der Waals surface area contributed by atoms with Crippen molar-refractivity contribution in [1.29, 1.82) is 0 Å². The number of carbonyl (C=O) groups excluding carboxylic acids is 1. The van der Waals surface area contributed by atoms with Gasteiger partial charge in [-0.3, -0.25) is 9.69 Å². The molecule has 38 heavy (non-hydrogen) atoms. The number of allylic oxidation sites excluding steroid dienone is 4. The van der Waals surface area contributed by atoms with Gasteiger partial charge < -0.3 is 4.90 Å². The number of fused-ring (bicyclic) bond motifs is 4. The number of para-hydroxylation sites is 1. The Bertz CT molecular complexity index is 1250. The van der Waals surface area contributed by atoms with Crippen molar-refractivity contribution < 1.29 is 4.79 Å². The number of rotatable bonds is 4. The molecule has 2 saturated carbocycles. The molecule has 3 nitrogen and oxygen atoms in total. The Kier molecular flexibility index (Phi) is 6.31. The fourth-order valence-corrected chi connectivity index (χ4v) is 8.82. The average molecular weight is 507 g/mol. The van der Waals surface area contributed by atoms with Crippen molar-refractivity contribution in [2.24, 2.45) is 17.3 Å². The predicted molar refractivity (Wildman–Crippen MR) is 155 cm³/mol. The van der Waals surface area contributed by atoms with Crippen LogP contribution in [-0.2, 0) is 11.3 Å². The van der Waals surface area contributed by atoms with E-state index in [4.69, 9.17) is 0 Å². The van der Waals surface area contributed by atoms with Gasteiger partial charge in [-0.25, -0.2) is 0 Å². The molecule has 0 radical (unpaired) electrons. The predicted octanol–water partition coefficient (Wildman–Crippen LogP) is 7.30. The first-order valence-corrected chi connectivity index (χ1v) is 15.2. The molecule has 1 heterocycles. The van der Waals surface area contributed by atoms with Crippen LogP contribution >= 0.6 is 0 Å². The first kappa shape index (κ1) is 24.4. The van der Waals surface area contributed by atoms with E-state index in [-0.39, 0.29) is 5.92 Å². The molecular weight excluding hydrogens is 464 g/mol. The topological polar surface area (TPSA) is 23.6 Å². The molecule has 4 aliphatic carbocycles. The summed E-state index contributed by atoms with van der Waals surface area (Å²) in [6.07, 6.45) is 11.9. The number of nitrogens with zero attached hydrogens (tertiary/aromatic N) is 2. The fourth-order valence-electron chi connectivity index (χ4n) is 8.82. The van der Waals surface area contributed by atoms with Crippen molar-refractivity contribution in [3.8, 4) is 0 Å². The summed E-state index contributed by atoms with van der Waals surface area (Å²) in [5.41, 5.74) is 9.33. The highest BCUT2D eigenvalue weighted by molar-refractivity contribution is 5.94. The minimum absolute atomic E-state index is 0.259. The molecule has 1 aliphatic heterocycles. The van der Waals surface area contributed by atoms with E-state index in [0.29, 0.717) is 17.6 Å². The third kappa shape index (κ3) is 4.37. The molecule has 1 unspecified atom stereocenters. The molecule has 3 fully saturated rings. The molecule has 7 rings (SSSR count). The first-order chi connectivity index (χ1) is 18.6. The van der Waals surface area contributed by atoms with Crippen LogP contribution in [0.5, 0.6) is 0 Å². The molecule has 1 saturated heterocycles. The maximum absolute atomic E-state index is 12.8. The molecule has 0 N–H and O–H groups in total. The second-order valence-corrected chi connectivity index (χ2v) is 13.0. The van der Waals surface area contributed by atoms with Crippen LogP contribution in [0.2, 0.25) is 0 Å². The van der Waals surface area contributed by atoms with Crippen LogP contribution in [-0.4, -0.2) is 36.9 Å². The molecule has 3 heteroatoms. The Morgan fingerprint density at radius 3 is 2.47 bits per heavy atom. The highest BCUT2D eigenvalue weighted by Crippen LogP contribution is 2.61. The Labute approximate surface area is 228 Å². The van der Waals surface area contributed by atoms with Gasteiger partial charge in [-0.1, -0.05) is 61.4 Å². The van der Waals surface area contributed by atoms with E-state index in [2.05, 4.69) is 71.3 Å². The molecule has 5 aliphatic rings. The number of hydrogen-bond acceptors (Lipinski definition) is 3. The van der Waals surface area contributed by atoms with Gasteiger partial charge in [-0.05, 0) is 96.3 Å². The van der Waals surface area contributed by atoms with Crippen LogP contribution in [0.3, 0.4) is 0 Å². The lowest BCUT2D eigenvalue weighted by molar-refractivity contribution is -0.115. The number of ketones is 1. The Morgan fingerprint density at radius 2 is 1.68 bits per heavy atom. The van der Waals surface area contributed by atoms with Crippen LogP contribution < -0.4 is 4.90 Å². The van der Waals surface area contributed by atoms with E-state index in [9.17, 15) is 4.79 Å². The minimum Gasteiger partial charge on any atom is -0.369 e. The van der Waals surface area contributed by atoms with Gasteiger partial charge in [0.15, 0.2) is 5.78 Å². The van der Waals surface area contributed by atoms with Crippen molar-refractivity contribution in [2.45, 2.75) is 70.8 Å². The van der Waals surface area contributed by atoms with Crippen LogP contribution in [0.15, 0.2) is 77.4 Å². The van der Waals surface area contributed by atoms with E-state index in [0.717, 1.165) is 51.0 Å². The lowest BCUT2D eigenvalue weighted by Gasteiger charge is -2.48. The van der Waals surface area contributed by atoms with E-state index < -0.39 is 0 Å². The summed E-state index contributed by atoms with van der Waals surface area (Å²) >= 11 is 0. The highest BCUT2D eigenvalue weighted by atomic mass is 16.1. The SMILES string of the molecule is C[C@@]12CCC[C@H]1[C@@H]1CCC3=CC(=O)CC(c4ccc(CN5CCN(c6ccccc6)CC5)cc4)C3=C1CC2. The van der Waals surface area contributed by atoms with Crippen molar-refractivity contribution in [3.63, 3.8) is 0 Å². The molecule has 2 aromatic carbocycles. The van der Waals surface area contributed by atoms with Crippen molar-refractivity contribution >= 4 is 11.5 Å². The molecule has 2 aromatic rings. The zero-order valence-electron chi connectivity index (χ0n) is 23.0. The third-order valence-electron chi connectivity index (χ3n) is 10.8. The summed E-state index contributed by atoms with van der Waals surface area (Å²) in [6.45, 7) is 7.94. The molecule has 0 bridgehead atoms. The van der Waals surface area contributed by atoms with Gasteiger partial charge in [-0.2, -0.15) is 0 Å². The number of benzene rings is 2. The van der Waals surface area contributed by atoms with Crippen LogP contribution in [0.4, 0.5) is 5.69 Å². The standard InChI is InChI=1S/C35H42N2O/c1-35-16-5-8-33(35)30-14-13-27-22-29(38)23-32(34(27)31(30)15-17-35)26-11-9-25(10-12-26)24-36-18-20-37(21-19-36)28-6-3-2-4-7-28/h2-4,6-7,9-12,22,30,32-33H,5,8,13-21,23-24H2,1H3/t30-,32?,33+,35+/m1/s1. The van der Waals surface area contributed by atoms with Gasteiger partial charge in [0.25, 0.3) is 0 Å². The van der Waals surface area contributed by atoms with E-state index in [1.165, 1.54) is 60.9 Å². The molecule has 0 amide bonds. The summed E-state index contributed by atoms with van der Waals surface area (Å²) in [5.74, 6) is 2.21. The first-order valence-electron chi connectivity index (χ1n) is 15.2. The average Bonchev–Trinajstić information content (AvgIpc) is 3.35. The molecule has 0 aromatic heterocycles. The van der Waals surface area contributed by atoms with Crippen molar-refractivity contribution in [3.05, 3.63) is 88.5 Å². The number of piperazine rings is 1. The van der Waals surface area contributed by atoms with Crippen LogP contribution in [0, 0.1) is 17.3 Å². The van der Waals surface area contributed by atoms with Gasteiger partial charge in [0.05, 0.1) is 0 Å². The molecule has 0 spiro atoms. The monoisotopic (exact) mass is 506 g/mol. The molecular formula is C35H42N2O. The van der Waals surface area contributed by atoms with Crippen molar-refractivity contribution in [1.82, 2.24) is 4.90 Å². The minimum atomic E-state index is 0.259. The summed E-state index contributed by atoms with van der Waals surface area (Å²) in [5, 5.41) is 0. The summed E-state index contributed by atoms with van der Waals surface area (Å²) in [4.78, 5) is 17.9.